The fraction of sp³-hybridized carbons (Fsp3) is 0.818. The average Bonchev–Trinajstić information content (AvgIpc) is 2.60. The molecule has 1 aliphatic rings. The SMILES string of the molecule is Cc1noc([C@H]2CC[C@H](C)C2(C)C)n1. The van der Waals surface area contributed by atoms with Crippen LogP contribution in [-0.2, 0) is 0 Å². The molecule has 1 fully saturated rings. The lowest BCUT2D eigenvalue weighted by atomic mass is 9.76. The van der Waals surface area contributed by atoms with Crippen LogP contribution in [0.25, 0.3) is 0 Å². The number of nitrogens with zero attached hydrogens (tertiary/aromatic N) is 2. The second-order valence-electron chi connectivity index (χ2n) is 5.03. The lowest BCUT2D eigenvalue weighted by molar-refractivity contribution is 0.212. The third-order valence-electron chi connectivity index (χ3n) is 3.90. The first-order valence-corrected chi connectivity index (χ1v) is 5.32. The maximum absolute atomic E-state index is 5.27. The summed E-state index contributed by atoms with van der Waals surface area (Å²) in [5, 5.41) is 3.87. The third kappa shape index (κ3) is 1.35. The molecule has 0 spiro atoms. The molecule has 1 aromatic heterocycles. The molecule has 1 saturated carbocycles. The number of aromatic nitrogens is 2. The van der Waals surface area contributed by atoms with E-state index in [4.69, 9.17) is 4.52 Å². The molecule has 0 unspecified atom stereocenters. The number of hydrogen-bond donors (Lipinski definition) is 0. The molecule has 3 nitrogen and oxygen atoms in total. The van der Waals surface area contributed by atoms with Crippen molar-refractivity contribution in [3.63, 3.8) is 0 Å². The molecule has 1 aliphatic carbocycles. The second kappa shape index (κ2) is 3.07. The van der Waals surface area contributed by atoms with E-state index >= 15 is 0 Å². The van der Waals surface area contributed by atoms with Crippen LogP contribution in [0.15, 0.2) is 4.52 Å². The van der Waals surface area contributed by atoms with Crippen LogP contribution >= 0.6 is 0 Å². The van der Waals surface area contributed by atoms with E-state index in [2.05, 4.69) is 30.9 Å². The Bertz CT molecular complexity index is 330. The van der Waals surface area contributed by atoms with Crippen molar-refractivity contribution < 1.29 is 4.52 Å². The Kier molecular flexibility index (Phi) is 2.13. The van der Waals surface area contributed by atoms with Gasteiger partial charge in [0.05, 0.1) is 0 Å². The van der Waals surface area contributed by atoms with Gasteiger partial charge in [0.25, 0.3) is 0 Å². The minimum Gasteiger partial charge on any atom is -0.339 e. The largest absolute Gasteiger partial charge is 0.339 e. The Balaban J connectivity index is 2.28. The molecule has 14 heavy (non-hydrogen) atoms. The number of rotatable bonds is 1. The van der Waals surface area contributed by atoms with E-state index in [1.165, 1.54) is 12.8 Å². The van der Waals surface area contributed by atoms with Gasteiger partial charge in [-0.3, -0.25) is 0 Å². The van der Waals surface area contributed by atoms with E-state index in [-0.39, 0.29) is 0 Å². The fourth-order valence-corrected chi connectivity index (χ4v) is 2.40. The maximum Gasteiger partial charge on any atom is 0.230 e. The van der Waals surface area contributed by atoms with Crippen LogP contribution in [0.3, 0.4) is 0 Å². The molecule has 0 aliphatic heterocycles. The van der Waals surface area contributed by atoms with Gasteiger partial charge in [0, 0.05) is 5.92 Å². The van der Waals surface area contributed by atoms with E-state index in [0.717, 1.165) is 17.6 Å². The summed E-state index contributed by atoms with van der Waals surface area (Å²) in [6, 6.07) is 0. The summed E-state index contributed by atoms with van der Waals surface area (Å²) in [5.41, 5.74) is 0.291. The van der Waals surface area contributed by atoms with Gasteiger partial charge >= 0.3 is 0 Å². The lowest BCUT2D eigenvalue weighted by Gasteiger charge is -2.28. The Labute approximate surface area is 84.9 Å². The topological polar surface area (TPSA) is 38.9 Å². The van der Waals surface area contributed by atoms with E-state index in [0.29, 0.717) is 11.3 Å². The zero-order valence-electron chi connectivity index (χ0n) is 9.37. The Morgan fingerprint density at radius 3 is 2.50 bits per heavy atom. The van der Waals surface area contributed by atoms with Gasteiger partial charge in [0.2, 0.25) is 5.89 Å². The van der Waals surface area contributed by atoms with Crippen LogP contribution in [0.2, 0.25) is 0 Å². The average molecular weight is 194 g/mol. The monoisotopic (exact) mass is 194 g/mol. The predicted molar refractivity (Wildman–Crippen MR) is 54.0 cm³/mol. The summed E-state index contributed by atoms with van der Waals surface area (Å²) in [7, 11) is 0. The molecule has 78 valence electrons. The van der Waals surface area contributed by atoms with Gasteiger partial charge in [-0.2, -0.15) is 4.98 Å². The van der Waals surface area contributed by atoms with Crippen LogP contribution in [0, 0.1) is 18.3 Å². The summed E-state index contributed by atoms with van der Waals surface area (Å²) in [5.74, 6) is 2.76. The van der Waals surface area contributed by atoms with Crippen molar-refractivity contribution in [2.24, 2.45) is 11.3 Å². The summed E-state index contributed by atoms with van der Waals surface area (Å²) < 4.78 is 5.27. The molecule has 0 aromatic carbocycles. The Morgan fingerprint density at radius 2 is 2.07 bits per heavy atom. The van der Waals surface area contributed by atoms with E-state index in [9.17, 15) is 0 Å². The highest BCUT2D eigenvalue weighted by Crippen LogP contribution is 2.51. The molecule has 0 amide bonds. The zero-order chi connectivity index (χ0) is 10.3. The molecule has 0 radical (unpaired) electrons. The maximum atomic E-state index is 5.27. The van der Waals surface area contributed by atoms with Crippen molar-refractivity contribution in [1.29, 1.82) is 0 Å². The first-order valence-electron chi connectivity index (χ1n) is 5.32. The summed E-state index contributed by atoms with van der Waals surface area (Å²) >= 11 is 0. The van der Waals surface area contributed by atoms with Gasteiger partial charge in [-0.15, -0.1) is 0 Å². The van der Waals surface area contributed by atoms with Crippen LogP contribution in [0.5, 0.6) is 0 Å². The zero-order valence-corrected chi connectivity index (χ0v) is 9.37. The molecule has 0 saturated heterocycles. The summed E-state index contributed by atoms with van der Waals surface area (Å²) in [4.78, 5) is 4.34. The molecular weight excluding hydrogens is 176 g/mol. The standard InChI is InChI=1S/C11H18N2O/c1-7-5-6-9(11(7,3)4)10-12-8(2)13-14-10/h7,9H,5-6H2,1-4H3/t7-,9+/m0/s1. The van der Waals surface area contributed by atoms with Gasteiger partial charge in [0.15, 0.2) is 5.82 Å². The minimum atomic E-state index is 0.291. The summed E-state index contributed by atoms with van der Waals surface area (Å²) in [6.45, 7) is 8.78. The summed E-state index contributed by atoms with van der Waals surface area (Å²) in [6.07, 6.45) is 2.44. The molecule has 2 rings (SSSR count). The Morgan fingerprint density at radius 1 is 1.36 bits per heavy atom. The fourth-order valence-electron chi connectivity index (χ4n) is 2.40. The van der Waals surface area contributed by atoms with Crippen molar-refractivity contribution in [2.75, 3.05) is 0 Å². The van der Waals surface area contributed by atoms with E-state index < -0.39 is 0 Å². The van der Waals surface area contributed by atoms with E-state index in [1.807, 2.05) is 6.92 Å². The minimum absolute atomic E-state index is 0.291. The normalized spacial score (nSPS) is 30.9. The molecule has 1 heterocycles. The molecule has 3 heteroatoms. The van der Waals surface area contributed by atoms with Gasteiger partial charge in [-0.25, -0.2) is 0 Å². The predicted octanol–water partition coefficient (Wildman–Crippen LogP) is 2.92. The molecular formula is C11H18N2O. The Hall–Kier alpha value is -0.860. The smallest absolute Gasteiger partial charge is 0.230 e. The highest BCUT2D eigenvalue weighted by molar-refractivity contribution is 5.05. The first-order chi connectivity index (χ1) is 6.51. The van der Waals surface area contributed by atoms with Crippen LogP contribution < -0.4 is 0 Å². The van der Waals surface area contributed by atoms with Crippen molar-refractivity contribution in [3.8, 4) is 0 Å². The van der Waals surface area contributed by atoms with E-state index in [1.54, 1.807) is 0 Å². The van der Waals surface area contributed by atoms with Crippen molar-refractivity contribution in [3.05, 3.63) is 11.7 Å². The number of aryl methyl sites for hydroxylation is 1. The lowest BCUT2D eigenvalue weighted by Crippen LogP contribution is -2.22. The highest BCUT2D eigenvalue weighted by atomic mass is 16.5. The third-order valence-corrected chi connectivity index (χ3v) is 3.90. The van der Waals surface area contributed by atoms with Gasteiger partial charge in [-0.1, -0.05) is 25.9 Å². The van der Waals surface area contributed by atoms with Gasteiger partial charge < -0.3 is 4.52 Å². The quantitative estimate of drug-likeness (QED) is 0.690. The van der Waals surface area contributed by atoms with Gasteiger partial charge in [-0.05, 0) is 31.1 Å². The molecule has 0 N–H and O–H groups in total. The number of hydrogen-bond acceptors (Lipinski definition) is 3. The molecule has 0 bridgehead atoms. The van der Waals surface area contributed by atoms with Crippen molar-refractivity contribution in [2.45, 2.75) is 46.5 Å². The van der Waals surface area contributed by atoms with Crippen LogP contribution in [0.4, 0.5) is 0 Å². The molecule has 2 atom stereocenters. The van der Waals surface area contributed by atoms with Crippen molar-refractivity contribution >= 4 is 0 Å². The van der Waals surface area contributed by atoms with Crippen molar-refractivity contribution in [1.82, 2.24) is 10.1 Å². The first kappa shape index (κ1) is 9.69. The highest BCUT2D eigenvalue weighted by Gasteiger charge is 2.43. The van der Waals surface area contributed by atoms with Crippen LogP contribution in [0.1, 0.15) is 51.2 Å². The van der Waals surface area contributed by atoms with Gasteiger partial charge in [0.1, 0.15) is 0 Å². The van der Waals surface area contributed by atoms with Crippen LogP contribution in [-0.4, -0.2) is 10.1 Å². The second-order valence-corrected chi connectivity index (χ2v) is 5.03. The molecule has 1 aromatic rings.